The number of nitrogens with one attached hydrogen (secondary N) is 1. The van der Waals surface area contributed by atoms with Crippen molar-refractivity contribution in [2.45, 2.75) is 64.5 Å². The maximum Gasteiger partial charge on any atom is 0.115 e. The van der Waals surface area contributed by atoms with Crippen molar-refractivity contribution >= 4 is 0 Å². The number of rotatable bonds is 5. The van der Waals surface area contributed by atoms with E-state index in [9.17, 15) is 5.11 Å². The Morgan fingerprint density at radius 2 is 1.74 bits per heavy atom. The lowest BCUT2D eigenvalue weighted by molar-refractivity contribution is 0.267. The molecule has 1 aromatic carbocycles. The first-order valence-corrected chi connectivity index (χ1v) is 7.69. The van der Waals surface area contributed by atoms with Crippen LogP contribution >= 0.6 is 0 Å². The van der Waals surface area contributed by atoms with Crippen LogP contribution < -0.4 is 5.32 Å². The molecule has 2 nitrogen and oxygen atoms in total. The summed E-state index contributed by atoms with van der Waals surface area (Å²) in [6, 6.07) is 8.67. The highest BCUT2D eigenvalue weighted by Crippen LogP contribution is 2.26. The third-order valence-corrected chi connectivity index (χ3v) is 4.38. The van der Waals surface area contributed by atoms with Crippen LogP contribution in [0.3, 0.4) is 0 Å². The molecule has 1 unspecified atom stereocenters. The smallest absolute Gasteiger partial charge is 0.115 e. The molecule has 0 spiro atoms. The van der Waals surface area contributed by atoms with Gasteiger partial charge in [-0.3, -0.25) is 0 Å². The molecule has 1 aliphatic carbocycles. The van der Waals surface area contributed by atoms with Crippen molar-refractivity contribution in [2.75, 3.05) is 0 Å². The molecule has 1 saturated carbocycles. The van der Waals surface area contributed by atoms with Gasteiger partial charge in [-0.2, -0.15) is 0 Å². The second kappa shape index (κ2) is 6.95. The van der Waals surface area contributed by atoms with Gasteiger partial charge in [0.15, 0.2) is 0 Å². The molecule has 0 bridgehead atoms. The Hall–Kier alpha value is -1.02. The Morgan fingerprint density at radius 3 is 2.37 bits per heavy atom. The van der Waals surface area contributed by atoms with Gasteiger partial charge in [-0.25, -0.2) is 0 Å². The molecule has 2 N–H and O–H groups in total. The quantitative estimate of drug-likeness (QED) is 0.843. The lowest BCUT2D eigenvalue weighted by atomic mass is 9.84. The number of hydrogen-bond donors (Lipinski definition) is 2. The van der Waals surface area contributed by atoms with E-state index in [2.05, 4.69) is 19.2 Å². The normalized spacial score (nSPS) is 20.1. The highest BCUT2D eigenvalue weighted by molar-refractivity contribution is 5.26. The van der Waals surface area contributed by atoms with E-state index in [-0.39, 0.29) is 0 Å². The predicted octanol–water partition coefficient (Wildman–Crippen LogP) is 3.88. The topological polar surface area (TPSA) is 32.3 Å². The lowest BCUT2D eigenvalue weighted by Crippen LogP contribution is -2.41. The van der Waals surface area contributed by atoms with E-state index in [4.69, 9.17) is 0 Å². The summed E-state index contributed by atoms with van der Waals surface area (Å²) in [5.41, 5.74) is 1.29. The van der Waals surface area contributed by atoms with Crippen LogP contribution in [-0.4, -0.2) is 17.2 Å². The van der Waals surface area contributed by atoms with E-state index in [1.165, 1.54) is 37.7 Å². The van der Waals surface area contributed by atoms with Crippen molar-refractivity contribution in [1.82, 2.24) is 5.32 Å². The van der Waals surface area contributed by atoms with Gasteiger partial charge in [0.05, 0.1) is 0 Å². The first kappa shape index (κ1) is 14.4. The van der Waals surface area contributed by atoms with Crippen LogP contribution in [0.25, 0.3) is 0 Å². The van der Waals surface area contributed by atoms with Gasteiger partial charge in [0.2, 0.25) is 0 Å². The molecule has 0 aliphatic heterocycles. The molecule has 1 fully saturated rings. The van der Waals surface area contributed by atoms with Crippen LogP contribution in [0, 0.1) is 5.92 Å². The van der Waals surface area contributed by atoms with Crippen LogP contribution in [0.2, 0.25) is 0 Å². The van der Waals surface area contributed by atoms with E-state index in [1.54, 1.807) is 12.1 Å². The molecule has 0 aromatic heterocycles. The maximum atomic E-state index is 9.29. The van der Waals surface area contributed by atoms with E-state index in [0.717, 1.165) is 12.3 Å². The Balaban J connectivity index is 1.79. The van der Waals surface area contributed by atoms with E-state index >= 15 is 0 Å². The maximum absolute atomic E-state index is 9.29. The van der Waals surface area contributed by atoms with Crippen molar-refractivity contribution < 1.29 is 5.11 Å². The average Bonchev–Trinajstić information content (AvgIpc) is 2.42. The largest absolute Gasteiger partial charge is 0.508 e. The van der Waals surface area contributed by atoms with E-state index in [1.807, 2.05) is 12.1 Å². The van der Waals surface area contributed by atoms with Gasteiger partial charge in [-0.15, -0.1) is 0 Å². The molecular formula is C17H27NO. The molecule has 2 rings (SSSR count). The van der Waals surface area contributed by atoms with Crippen molar-refractivity contribution in [1.29, 1.82) is 0 Å². The summed E-state index contributed by atoms with van der Waals surface area (Å²) in [5.74, 6) is 1.20. The Morgan fingerprint density at radius 1 is 1.11 bits per heavy atom. The van der Waals surface area contributed by atoms with Crippen LogP contribution in [-0.2, 0) is 6.42 Å². The molecule has 1 aliphatic rings. The number of phenolic OH excluding ortho intramolecular Hbond substituents is 1. The zero-order chi connectivity index (χ0) is 13.7. The van der Waals surface area contributed by atoms with Gasteiger partial charge in [0, 0.05) is 12.1 Å². The molecule has 2 atom stereocenters. The number of hydrogen-bond acceptors (Lipinski definition) is 2. The van der Waals surface area contributed by atoms with Crippen LogP contribution in [0.4, 0.5) is 0 Å². The average molecular weight is 261 g/mol. The zero-order valence-electron chi connectivity index (χ0n) is 12.2. The molecule has 1 aromatic rings. The fourth-order valence-electron chi connectivity index (χ4n) is 3.26. The molecule has 19 heavy (non-hydrogen) atoms. The van der Waals surface area contributed by atoms with Crippen LogP contribution in [0.1, 0.15) is 51.5 Å². The van der Waals surface area contributed by atoms with Crippen LogP contribution in [0.5, 0.6) is 5.75 Å². The second-order valence-corrected chi connectivity index (χ2v) is 6.13. The Kier molecular flexibility index (Phi) is 5.26. The minimum absolute atomic E-state index is 0.347. The standard InChI is InChI=1S/C17H27NO/c1-13(12-15-8-10-17(19)11-9-15)18-14(2)16-6-4-3-5-7-16/h8-11,13-14,16,18-19H,3-7,12H2,1-2H3/t13?,14-/m0/s1. The third kappa shape index (κ3) is 4.54. The highest BCUT2D eigenvalue weighted by Gasteiger charge is 2.20. The summed E-state index contributed by atoms with van der Waals surface area (Å²) in [4.78, 5) is 0. The minimum Gasteiger partial charge on any atom is -0.508 e. The summed E-state index contributed by atoms with van der Waals surface area (Å²) in [7, 11) is 0. The number of benzene rings is 1. The Bertz CT molecular complexity index is 367. The zero-order valence-corrected chi connectivity index (χ0v) is 12.2. The summed E-state index contributed by atoms with van der Waals surface area (Å²) in [6.07, 6.45) is 8.04. The molecule has 0 radical (unpaired) electrons. The van der Waals surface area contributed by atoms with Crippen molar-refractivity contribution in [3.8, 4) is 5.75 Å². The van der Waals surface area contributed by atoms with Crippen molar-refractivity contribution in [3.63, 3.8) is 0 Å². The van der Waals surface area contributed by atoms with Crippen molar-refractivity contribution in [2.24, 2.45) is 5.92 Å². The lowest BCUT2D eigenvalue weighted by Gasteiger charge is -2.30. The minimum atomic E-state index is 0.347. The summed E-state index contributed by atoms with van der Waals surface area (Å²) in [5, 5.41) is 13.0. The fraction of sp³-hybridized carbons (Fsp3) is 0.647. The molecule has 2 heteroatoms. The number of aromatic hydroxyl groups is 1. The molecular weight excluding hydrogens is 234 g/mol. The highest BCUT2D eigenvalue weighted by atomic mass is 16.3. The number of phenols is 1. The predicted molar refractivity (Wildman–Crippen MR) is 80.4 cm³/mol. The SMILES string of the molecule is CC(Cc1ccc(O)cc1)N[C@@H](C)C1CCCCC1. The van der Waals surface area contributed by atoms with Gasteiger partial charge < -0.3 is 10.4 Å². The molecule has 0 saturated heterocycles. The van der Waals surface area contributed by atoms with Crippen molar-refractivity contribution in [3.05, 3.63) is 29.8 Å². The van der Waals surface area contributed by atoms with Gasteiger partial charge in [-0.1, -0.05) is 31.4 Å². The fourth-order valence-corrected chi connectivity index (χ4v) is 3.26. The first-order valence-electron chi connectivity index (χ1n) is 7.69. The summed E-state index contributed by atoms with van der Waals surface area (Å²) >= 11 is 0. The van der Waals surface area contributed by atoms with E-state index in [0.29, 0.717) is 17.8 Å². The van der Waals surface area contributed by atoms with Crippen LogP contribution in [0.15, 0.2) is 24.3 Å². The first-order chi connectivity index (χ1) is 9.15. The second-order valence-electron chi connectivity index (χ2n) is 6.13. The molecule has 0 heterocycles. The molecule has 0 amide bonds. The summed E-state index contributed by atoms with van der Waals surface area (Å²) in [6.45, 7) is 4.59. The Labute approximate surface area is 117 Å². The summed E-state index contributed by atoms with van der Waals surface area (Å²) < 4.78 is 0. The molecule has 106 valence electrons. The monoisotopic (exact) mass is 261 g/mol. The van der Waals surface area contributed by atoms with Gasteiger partial charge in [-0.05, 0) is 56.7 Å². The third-order valence-electron chi connectivity index (χ3n) is 4.38. The van der Waals surface area contributed by atoms with E-state index < -0.39 is 0 Å². The van der Waals surface area contributed by atoms with Gasteiger partial charge >= 0.3 is 0 Å². The van der Waals surface area contributed by atoms with Gasteiger partial charge in [0.25, 0.3) is 0 Å². The van der Waals surface area contributed by atoms with Gasteiger partial charge in [0.1, 0.15) is 5.75 Å².